The van der Waals surface area contributed by atoms with Crippen molar-refractivity contribution in [3.05, 3.63) is 11.6 Å². The Labute approximate surface area is 263 Å². The van der Waals surface area contributed by atoms with Crippen LogP contribution < -0.4 is 5.32 Å². The molecule has 0 aromatic carbocycles. The first-order chi connectivity index (χ1) is 19.9. The third kappa shape index (κ3) is 4.50. The average Bonchev–Trinajstić information content (AvgIpc) is 2.92. The molecule has 0 aromatic rings. The van der Waals surface area contributed by atoms with E-state index in [0.717, 1.165) is 45.3 Å². The largest absolute Gasteiger partial charge is 0.481 e. The van der Waals surface area contributed by atoms with E-state index in [1.54, 1.807) is 5.57 Å². The van der Waals surface area contributed by atoms with Gasteiger partial charge in [-0.3, -0.25) is 4.79 Å². The molecule has 4 fully saturated rings. The van der Waals surface area contributed by atoms with E-state index in [2.05, 4.69) is 94.6 Å². The molecule has 0 radical (unpaired) electrons. The van der Waals surface area contributed by atoms with E-state index in [1.165, 1.54) is 6.42 Å². The lowest BCUT2D eigenvalue weighted by atomic mass is 9.34. The zero-order valence-electron chi connectivity index (χ0n) is 29.7. The van der Waals surface area contributed by atoms with Gasteiger partial charge in [0, 0.05) is 16.4 Å². The van der Waals surface area contributed by atoms with Gasteiger partial charge in [-0.15, -0.1) is 0 Å². The molecule has 1 heterocycles. The molecule has 0 spiro atoms. The van der Waals surface area contributed by atoms with Crippen LogP contribution in [0, 0.1) is 68.5 Å². The maximum absolute atomic E-state index is 13.3. The third-order valence-electron chi connectivity index (χ3n) is 15.8. The van der Waals surface area contributed by atoms with E-state index in [0.29, 0.717) is 42.1 Å². The van der Waals surface area contributed by atoms with Crippen LogP contribution in [0.1, 0.15) is 115 Å². The molecule has 12 atom stereocenters. The van der Waals surface area contributed by atoms with Crippen molar-refractivity contribution in [2.45, 2.75) is 126 Å². The van der Waals surface area contributed by atoms with Crippen molar-refractivity contribution in [2.24, 2.45) is 68.5 Å². The minimum absolute atomic E-state index is 0.0313. The highest BCUT2D eigenvalue weighted by atomic mass is 16.5. The minimum Gasteiger partial charge on any atom is -0.481 e. The van der Waals surface area contributed by atoms with Gasteiger partial charge in [0.25, 0.3) is 0 Å². The molecule has 3 saturated carbocycles. The van der Waals surface area contributed by atoms with Crippen molar-refractivity contribution in [3.63, 3.8) is 0 Å². The molecule has 1 saturated heterocycles. The van der Waals surface area contributed by atoms with Crippen molar-refractivity contribution in [3.8, 4) is 0 Å². The normalized spacial score (nSPS) is 48.0. The topological polar surface area (TPSA) is 67.8 Å². The van der Waals surface area contributed by atoms with Crippen LogP contribution in [0.3, 0.4) is 0 Å². The number of hydrogen-bond acceptors (Lipinski definition) is 4. The van der Waals surface area contributed by atoms with Crippen LogP contribution in [0.5, 0.6) is 0 Å². The van der Waals surface area contributed by atoms with Gasteiger partial charge in [-0.1, -0.05) is 80.9 Å². The quantitative estimate of drug-likeness (QED) is 0.275. The Hall–Kier alpha value is -0.910. The fourth-order valence-electron chi connectivity index (χ4n) is 12.2. The lowest BCUT2D eigenvalue weighted by Gasteiger charge is -2.71. The zero-order valence-corrected chi connectivity index (χ0v) is 29.7. The van der Waals surface area contributed by atoms with Crippen LogP contribution in [0.25, 0.3) is 0 Å². The Kier molecular flexibility index (Phi) is 8.43. The summed E-state index contributed by atoms with van der Waals surface area (Å²) in [5, 5.41) is 14.5. The Morgan fingerprint density at radius 1 is 1.09 bits per heavy atom. The van der Waals surface area contributed by atoms with E-state index >= 15 is 0 Å². The summed E-state index contributed by atoms with van der Waals surface area (Å²) in [7, 11) is 2.06. The Balaban J connectivity index is 1.52. The predicted octanol–water partition coefficient (Wildman–Crippen LogP) is 8.23. The number of likely N-dealkylation sites (N-methyl/N-ethyl adjacent to an activating group) is 1. The summed E-state index contributed by atoms with van der Waals surface area (Å²) in [5.74, 6) is 1.77. The van der Waals surface area contributed by atoms with Crippen LogP contribution in [0.15, 0.2) is 11.6 Å². The second-order valence-corrected chi connectivity index (χ2v) is 18.1. The molecule has 0 amide bonds. The second kappa shape index (κ2) is 10.8. The summed E-state index contributed by atoms with van der Waals surface area (Å²) < 4.78 is 13.6. The predicted molar refractivity (Wildman–Crippen MR) is 175 cm³/mol. The highest BCUT2D eigenvalue weighted by molar-refractivity contribution is 5.73. The van der Waals surface area contributed by atoms with Gasteiger partial charge in [0.1, 0.15) is 0 Å². The van der Waals surface area contributed by atoms with Crippen molar-refractivity contribution in [1.82, 2.24) is 5.32 Å². The minimum atomic E-state index is -0.582. The molecule has 4 aliphatic carbocycles. The van der Waals surface area contributed by atoms with Crippen LogP contribution in [0.4, 0.5) is 0 Å². The van der Waals surface area contributed by atoms with Crippen molar-refractivity contribution in [2.75, 3.05) is 26.9 Å². The molecule has 0 aromatic heterocycles. The SMILES string of the molecule is CN[C@@](C)(CO[C@H]1[C@H](C)C[C@@]23COC[C@@]1(C)[C@@H]2CC[C@H]1C3=CC[C@@]2(C)[C@H](C(=O)O)[C@@](C)([C@H](C)C(C)C)CC[C@]12C)C(C)C. The Morgan fingerprint density at radius 2 is 1.77 bits per heavy atom. The first-order valence-corrected chi connectivity index (χ1v) is 17.7. The van der Waals surface area contributed by atoms with E-state index in [9.17, 15) is 9.90 Å². The van der Waals surface area contributed by atoms with Gasteiger partial charge in [0.05, 0.1) is 31.8 Å². The fourth-order valence-corrected chi connectivity index (χ4v) is 12.2. The van der Waals surface area contributed by atoms with E-state index < -0.39 is 5.97 Å². The molecule has 5 heteroatoms. The molecule has 2 bridgehead atoms. The van der Waals surface area contributed by atoms with Crippen LogP contribution >= 0.6 is 0 Å². The molecule has 5 rings (SSSR count). The first kappa shape index (κ1) is 33.5. The van der Waals surface area contributed by atoms with Crippen molar-refractivity contribution >= 4 is 5.97 Å². The van der Waals surface area contributed by atoms with Crippen molar-refractivity contribution in [1.29, 1.82) is 0 Å². The van der Waals surface area contributed by atoms with Crippen molar-refractivity contribution < 1.29 is 19.4 Å². The number of nitrogens with one attached hydrogen (secondary N) is 1. The van der Waals surface area contributed by atoms with Crippen LogP contribution in [-0.2, 0) is 14.3 Å². The molecule has 5 nitrogen and oxygen atoms in total. The smallest absolute Gasteiger partial charge is 0.307 e. The van der Waals surface area contributed by atoms with Gasteiger partial charge < -0.3 is 19.9 Å². The summed E-state index contributed by atoms with van der Waals surface area (Å²) in [5.41, 5.74) is 1.06. The van der Waals surface area contributed by atoms with Gasteiger partial charge in [0.15, 0.2) is 0 Å². The standard InChI is InChI=1S/C38H65NO4/c1-23(2)26(6)33(7)17-18-35(9)27-13-14-29-34(8)20-42-22-38(29,28(27)15-16-36(35,10)30(33)32(40)41)19-25(5)31(34)43-21-37(11,39-12)24(3)4/h15,23-27,29-31,39H,13-14,16-22H2,1-12H3,(H,40,41)/t25-,26-,27+,29+,30-,31+,33-,34+,35-,36+,37+,38+/m1/s1. The number of fused-ring (bicyclic) bond motifs is 3. The monoisotopic (exact) mass is 599 g/mol. The number of ether oxygens (including phenoxy) is 2. The third-order valence-corrected chi connectivity index (χ3v) is 15.8. The highest BCUT2D eigenvalue weighted by Crippen LogP contribution is 2.75. The lowest BCUT2D eigenvalue weighted by Crippen LogP contribution is -2.69. The van der Waals surface area contributed by atoms with Crippen LogP contribution in [-0.4, -0.2) is 49.6 Å². The van der Waals surface area contributed by atoms with E-state index in [1.807, 2.05) is 0 Å². The molecular weight excluding hydrogens is 534 g/mol. The zero-order chi connectivity index (χ0) is 32.0. The average molecular weight is 600 g/mol. The fraction of sp³-hybridized carbons (Fsp3) is 0.921. The van der Waals surface area contributed by atoms with Gasteiger partial charge in [-0.25, -0.2) is 0 Å². The molecule has 43 heavy (non-hydrogen) atoms. The number of carbonyl (C=O) groups is 1. The maximum Gasteiger partial charge on any atom is 0.307 e. The number of carboxylic acid groups (broad SMARTS) is 1. The van der Waals surface area contributed by atoms with Crippen LogP contribution in [0.2, 0.25) is 0 Å². The molecular formula is C38H65NO4. The molecule has 246 valence electrons. The lowest BCUT2D eigenvalue weighted by molar-refractivity contribution is -0.253. The maximum atomic E-state index is 13.3. The van der Waals surface area contributed by atoms with Gasteiger partial charge in [-0.05, 0) is 104 Å². The molecule has 0 unspecified atom stereocenters. The summed E-state index contributed by atoms with van der Waals surface area (Å²) in [6, 6.07) is 0. The summed E-state index contributed by atoms with van der Waals surface area (Å²) in [4.78, 5) is 13.3. The summed E-state index contributed by atoms with van der Waals surface area (Å²) in [6.07, 6.45) is 9.16. The second-order valence-electron chi connectivity index (χ2n) is 18.1. The summed E-state index contributed by atoms with van der Waals surface area (Å²) >= 11 is 0. The van der Waals surface area contributed by atoms with Gasteiger partial charge in [0.2, 0.25) is 0 Å². The van der Waals surface area contributed by atoms with E-state index in [-0.39, 0.29) is 44.6 Å². The van der Waals surface area contributed by atoms with E-state index in [4.69, 9.17) is 9.47 Å². The number of hydrogen-bond donors (Lipinski definition) is 2. The highest BCUT2D eigenvalue weighted by Gasteiger charge is 2.71. The number of rotatable bonds is 8. The summed E-state index contributed by atoms with van der Waals surface area (Å²) in [6.45, 7) is 28.0. The molecule has 2 N–H and O–H groups in total. The number of carboxylic acids is 1. The Bertz CT molecular complexity index is 1120. The Morgan fingerprint density at radius 3 is 2.35 bits per heavy atom. The van der Waals surface area contributed by atoms with Gasteiger partial charge in [-0.2, -0.15) is 0 Å². The first-order valence-electron chi connectivity index (χ1n) is 17.7. The number of aliphatic carboxylic acids is 1. The molecule has 1 aliphatic heterocycles. The molecule has 5 aliphatic rings. The number of allylic oxidation sites excluding steroid dienone is 1. The van der Waals surface area contributed by atoms with Gasteiger partial charge >= 0.3 is 5.97 Å².